The van der Waals surface area contributed by atoms with Crippen LogP contribution in [-0.4, -0.2) is 52.9 Å². The minimum Gasteiger partial charge on any atom is -0.379 e. The van der Waals surface area contributed by atoms with E-state index in [1.807, 2.05) is 24.5 Å². The van der Waals surface area contributed by atoms with Gasteiger partial charge in [0.2, 0.25) is 0 Å². The van der Waals surface area contributed by atoms with Crippen molar-refractivity contribution in [1.29, 1.82) is 0 Å². The van der Waals surface area contributed by atoms with E-state index < -0.39 is 0 Å². The van der Waals surface area contributed by atoms with Crippen molar-refractivity contribution in [1.82, 2.24) is 25.4 Å². The standard InChI is InChI=1S/C22H27N5O/c1-17-4-2-5-18(12-17)21(27-8-10-28-11-9-27)16-24-14-20-15-25-26-22(20)19-6-3-7-23-13-19/h2-7,12-13,15,21,24H,8-11,14,16H2,1H3,(H,25,26). The second-order valence-corrected chi connectivity index (χ2v) is 7.22. The molecule has 28 heavy (non-hydrogen) atoms. The number of nitrogens with one attached hydrogen (secondary N) is 2. The summed E-state index contributed by atoms with van der Waals surface area (Å²) in [5, 5.41) is 11.0. The predicted octanol–water partition coefficient (Wildman–Crippen LogP) is 2.94. The number of aromatic nitrogens is 3. The zero-order valence-corrected chi connectivity index (χ0v) is 16.3. The van der Waals surface area contributed by atoms with Crippen LogP contribution in [0.25, 0.3) is 11.3 Å². The van der Waals surface area contributed by atoms with Gasteiger partial charge in [0.1, 0.15) is 0 Å². The molecule has 6 nitrogen and oxygen atoms in total. The number of rotatable bonds is 7. The van der Waals surface area contributed by atoms with Crippen LogP contribution >= 0.6 is 0 Å². The third-order valence-electron chi connectivity index (χ3n) is 5.23. The maximum atomic E-state index is 5.56. The summed E-state index contributed by atoms with van der Waals surface area (Å²) >= 11 is 0. The number of aromatic amines is 1. The Bertz CT molecular complexity index is 873. The minimum atomic E-state index is 0.331. The van der Waals surface area contributed by atoms with Gasteiger partial charge in [-0.25, -0.2) is 0 Å². The fourth-order valence-electron chi connectivity index (χ4n) is 3.77. The number of ether oxygens (including phenoxy) is 1. The first kappa shape index (κ1) is 18.8. The molecule has 4 rings (SSSR count). The van der Waals surface area contributed by atoms with Crippen molar-refractivity contribution in [3.8, 4) is 11.3 Å². The largest absolute Gasteiger partial charge is 0.379 e. The lowest BCUT2D eigenvalue weighted by Gasteiger charge is -2.35. The van der Waals surface area contributed by atoms with Gasteiger partial charge in [0, 0.05) is 55.7 Å². The number of morpholine rings is 1. The summed E-state index contributed by atoms with van der Waals surface area (Å²) in [5.74, 6) is 0. The Morgan fingerprint density at radius 1 is 1.18 bits per heavy atom. The molecule has 0 saturated carbocycles. The highest BCUT2D eigenvalue weighted by atomic mass is 16.5. The van der Waals surface area contributed by atoms with Crippen molar-refractivity contribution in [2.75, 3.05) is 32.8 Å². The van der Waals surface area contributed by atoms with E-state index in [0.717, 1.165) is 56.2 Å². The molecule has 1 atom stereocenters. The molecule has 146 valence electrons. The van der Waals surface area contributed by atoms with Gasteiger partial charge >= 0.3 is 0 Å². The maximum absolute atomic E-state index is 5.56. The zero-order valence-electron chi connectivity index (χ0n) is 16.3. The summed E-state index contributed by atoms with van der Waals surface area (Å²) in [5.41, 5.74) is 5.88. The van der Waals surface area contributed by atoms with Crippen LogP contribution in [0, 0.1) is 6.92 Å². The lowest BCUT2D eigenvalue weighted by molar-refractivity contribution is 0.0161. The molecule has 1 aromatic carbocycles. The Labute approximate surface area is 165 Å². The quantitative estimate of drug-likeness (QED) is 0.663. The van der Waals surface area contributed by atoms with Crippen LogP contribution in [0.4, 0.5) is 0 Å². The number of H-pyrrole nitrogens is 1. The molecule has 0 aliphatic carbocycles. The molecule has 0 amide bonds. The van der Waals surface area contributed by atoms with Crippen molar-refractivity contribution in [2.24, 2.45) is 0 Å². The van der Waals surface area contributed by atoms with Gasteiger partial charge in [0.15, 0.2) is 0 Å². The van der Waals surface area contributed by atoms with Gasteiger partial charge in [0.05, 0.1) is 25.1 Å². The highest BCUT2D eigenvalue weighted by Gasteiger charge is 2.22. The van der Waals surface area contributed by atoms with E-state index in [1.165, 1.54) is 11.1 Å². The molecule has 1 saturated heterocycles. The molecule has 3 heterocycles. The van der Waals surface area contributed by atoms with Crippen LogP contribution in [0.15, 0.2) is 55.0 Å². The first-order chi connectivity index (χ1) is 13.8. The normalized spacial score (nSPS) is 16.2. The molecular formula is C22H27N5O. The van der Waals surface area contributed by atoms with E-state index in [-0.39, 0.29) is 0 Å². The molecule has 0 spiro atoms. The number of hydrogen-bond donors (Lipinski definition) is 2. The molecule has 1 aliphatic rings. The number of aryl methyl sites for hydroxylation is 1. The SMILES string of the molecule is Cc1cccc(C(CNCc2cn[nH]c2-c2cccnc2)N2CCOCC2)c1. The summed E-state index contributed by atoms with van der Waals surface area (Å²) < 4.78 is 5.56. The number of benzene rings is 1. The fourth-order valence-corrected chi connectivity index (χ4v) is 3.77. The monoisotopic (exact) mass is 377 g/mol. The predicted molar refractivity (Wildman–Crippen MR) is 110 cm³/mol. The van der Waals surface area contributed by atoms with E-state index in [1.54, 1.807) is 6.20 Å². The highest BCUT2D eigenvalue weighted by Crippen LogP contribution is 2.23. The average Bonchev–Trinajstić information content (AvgIpc) is 3.21. The molecule has 3 aromatic rings. The van der Waals surface area contributed by atoms with Gasteiger partial charge in [-0.2, -0.15) is 5.10 Å². The van der Waals surface area contributed by atoms with Gasteiger partial charge in [-0.15, -0.1) is 0 Å². The van der Waals surface area contributed by atoms with Crippen LogP contribution in [0.3, 0.4) is 0 Å². The molecular weight excluding hydrogens is 350 g/mol. The summed E-state index contributed by atoms with van der Waals surface area (Å²) in [6.07, 6.45) is 5.54. The molecule has 2 aromatic heterocycles. The molecule has 0 bridgehead atoms. The lowest BCUT2D eigenvalue weighted by atomic mass is 10.0. The topological polar surface area (TPSA) is 66.1 Å². The molecule has 1 fully saturated rings. The van der Waals surface area contributed by atoms with Crippen molar-refractivity contribution in [3.63, 3.8) is 0 Å². The molecule has 1 aliphatic heterocycles. The second kappa shape index (κ2) is 9.10. The van der Waals surface area contributed by atoms with Crippen molar-refractivity contribution in [2.45, 2.75) is 19.5 Å². The van der Waals surface area contributed by atoms with Crippen molar-refractivity contribution < 1.29 is 4.74 Å². The van der Waals surface area contributed by atoms with Gasteiger partial charge in [0.25, 0.3) is 0 Å². The number of hydrogen-bond acceptors (Lipinski definition) is 5. The molecule has 0 radical (unpaired) electrons. The Balaban J connectivity index is 1.46. The first-order valence-corrected chi connectivity index (χ1v) is 9.83. The van der Waals surface area contributed by atoms with E-state index in [2.05, 4.69) is 56.6 Å². The lowest BCUT2D eigenvalue weighted by Crippen LogP contribution is -2.42. The smallest absolute Gasteiger partial charge is 0.0710 e. The molecule has 2 N–H and O–H groups in total. The van der Waals surface area contributed by atoms with Gasteiger partial charge in [-0.1, -0.05) is 29.8 Å². The summed E-state index contributed by atoms with van der Waals surface area (Å²) in [4.78, 5) is 6.73. The van der Waals surface area contributed by atoms with Crippen LogP contribution in [0.2, 0.25) is 0 Å². The number of nitrogens with zero attached hydrogens (tertiary/aromatic N) is 3. The first-order valence-electron chi connectivity index (χ1n) is 9.83. The van der Waals surface area contributed by atoms with Gasteiger partial charge < -0.3 is 10.1 Å². The van der Waals surface area contributed by atoms with E-state index in [4.69, 9.17) is 4.74 Å². The Morgan fingerprint density at radius 2 is 2.07 bits per heavy atom. The molecule has 6 heteroatoms. The van der Waals surface area contributed by atoms with Crippen molar-refractivity contribution in [3.05, 3.63) is 71.7 Å². The van der Waals surface area contributed by atoms with Gasteiger partial charge in [-0.05, 0) is 24.6 Å². The Kier molecular flexibility index (Phi) is 6.11. The van der Waals surface area contributed by atoms with Crippen LogP contribution in [0.1, 0.15) is 22.7 Å². The number of pyridine rings is 1. The third kappa shape index (κ3) is 4.47. The van der Waals surface area contributed by atoms with Crippen molar-refractivity contribution >= 4 is 0 Å². The van der Waals surface area contributed by atoms with E-state index in [0.29, 0.717) is 6.04 Å². The molecule has 1 unspecified atom stereocenters. The van der Waals surface area contributed by atoms with Gasteiger partial charge in [-0.3, -0.25) is 15.0 Å². The van der Waals surface area contributed by atoms with E-state index in [9.17, 15) is 0 Å². The summed E-state index contributed by atoms with van der Waals surface area (Å²) in [7, 11) is 0. The third-order valence-corrected chi connectivity index (χ3v) is 5.23. The second-order valence-electron chi connectivity index (χ2n) is 7.22. The summed E-state index contributed by atoms with van der Waals surface area (Å²) in [6, 6.07) is 13.1. The Morgan fingerprint density at radius 3 is 2.86 bits per heavy atom. The van der Waals surface area contributed by atoms with Crippen LogP contribution in [0.5, 0.6) is 0 Å². The highest BCUT2D eigenvalue weighted by molar-refractivity contribution is 5.61. The minimum absolute atomic E-state index is 0.331. The fraction of sp³-hybridized carbons (Fsp3) is 0.364. The Hall–Kier alpha value is -2.54. The zero-order chi connectivity index (χ0) is 19.2. The van der Waals surface area contributed by atoms with Crippen LogP contribution in [-0.2, 0) is 11.3 Å². The maximum Gasteiger partial charge on any atom is 0.0710 e. The average molecular weight is 377 g/mol. The van der Waals surface area contributed by atoms with E-state index >= 15 is 0 Å². The van der Waals surface area contributed by atoms with Crippen LogP contribution < -0.4 is 5.32 Å². The summed E-state index contributed by atoms with van der Waals surface area (Å²) in [6.45, 7) is 7.32.